The number of hydrogen-bond acceptors (Lipinski definition) is 4. The summed E-state index contributed by atoms with van der Waals surface area (Å²) >= 11 is 0. The maximum Gasteiger partial charge on any atom is 0.245 e. The second kappa shape index (κ2) is 6.54. The summed E-state index contributed by atoms with van der Waals surface area (Å²) in [6.07, 6.45) is 2.61. The topological polar surface area (TPSA) is 70.7 Å². The van der Waals surface area contributed by atoms with Crippen molar-refractivity contribution in [1.29, 1.82) is 0 Å². The summed E-state index contributed by atoms with van der Waals surface area (Å²) in [5, 5.41) is 6.13. The molecule has 0 saturated carbocycles. The first-order valence-electron chi connectivity index (χ1n) is 7.56. The third-order valence-electron chi connectivity index (χ3n) is 4.30. The van der Waals surface area contributed by atoms with Crippen LogP contribution in [0.3, 0.4) is 0 Å². The molecule has 2 aliphatic heterocycles. The van der Waals surface area contributed by atoms with Gasteiger partial charge in [0.15, 0.2) is 0 Å². The number of nitrogens with zero attached hydrogens (tertiary/aromatic N) is 1. The first kappa shape index (κ1) is 15.3. The lowest BCUT2D eigenvalue weighted by atomic mass is 9.91. The van der Waals surface area contributed by atoms with Gasteiger partial charge in [-0.1, -0.05) is 6.92 Å². The quantitative estimate of drug-likeness (QED) is 0.755. The van der Waals surface area contributed by atoms with Gasteiger partial charge in [-0.25, -0.2) is 0 Å². The number of morpholine rings is 1. The molecule has 114 valence electrons. The molecule has 2 atom stereocenters. The van der Waals surface area contributed by atoms with Crippen LogP contribution in [0.15, 0.2) is 0 Å². The lowest BCUT2D eigenvalue weighted by molar-refractivity contribution is -0.153. The van der Waals surface area contributed by atoms with Crippen LogP contribution in [0.4, 0.5) is 0 Å². The molecule has 2 rings (SSSR count). The van der Waals surface area contributed by atoms with Crippen LogP contribution in [0.2, 0.25) is 0 Å². The Balaban J connectivity index is 2.14. The summed E-state index contributed by atoms with van der Waals surface area (Å²) in [7, 11) is 0. The average molecular weight is 283 g/mol. The lowest BCUT2D eigenvalue weighted by Gasteiger charge is -2.40. The molecule has 2 heterocycles. The Kier molecular flexibility index (Phi) is 4.99. The van der Waals surface area contributed by atoms with Crippen molar-refractivity contribution in [2.24, 2.45) is 0 Å². The van der Waals surface area contributed by atoms with Gasteiger partial charge >= 0.3 is 0 Å². The number of rotatable bonds is 4. The Morgan fingerprint density at radius 1 is 1.45 bits per heavy atom. The molecule has 2 amide bonds. The Morgan fingerprint density at radius 3 is 2.85 bits per heavy atom. The number of carbonyl (C=O) groups excluding carboxylic acids is 2. The standard InChI is InChI=1S/C14H25N3O3/c1-3-14(6-5-7-16-14)13(19)17-8-9-20-10-11(17)12(18)15-4-2/h11,16H,3-10H2,1-2H3,(H,15,18). The molecule has 0 radical (unpaired) electrons. The van der Waals surface area contributed by atoms with E-state index in [9.17, 15) is 9.59 Å². The first-order chi connectivity index (χ1) is 9.64. The molecule has 0 aliphatic carbocycles. The van der Waals surface area contributed by atoms with Crippen LogP contribution in [0.5, 0.6) is 0 Å². The van der Waals surface area contributed by atoms with Gasteiger partial charge in [0.2, 0.25) is 11.8 Å². The maximum absolute atomic E-state index is 12.9. The number of carbonyl (C=O) groups is 2. The van der Waals surface area contributed by atoms with E-state index in [2.05, 4.69) is 10.6 Å². The Hall–Kier alpha value is -1.14. The van der Waals surface area contributed by atoms with E-state index in [-0.39, 0.29) is 18.4 Å². The SMILES string of the molecule is CCNC(=O)C1COCCN1C(=O)C1(CC)CCCN1. The Labute approximate surface area is 120 Å². The number of likely N-dealkylation sites (N-methyl/N-ethyl adjacent to an activating group) is 1. The number of amides is 2. The van der Waals surface area contributed by atoms with Crippen LogP contribution >= 0.6 is 0 Å². The monoisotopic (exact) mass is 283 g/mol. The summed E-state index contributed by atoms with van der Waals surface area (Å²) in [5.41, 5.74) is -0.484. The Bertz CT molecular complexity index is 367. The van der Waals surface area contributed by atoms with Crippen molar-refractivity contribution in [3.63, 3.8) is 0 Å². The molecule has 2 N–H and O–H groups in total. The molecule has 6 heteroatoms. The molecule has 2 unspecified atom stereocenters. The molecule has 2 saturated heterocycles. The molecule has 6 nitrogen and oxygen atoms in total. The van der Waals surface area contributed by atoms with Crippen LogP contribution in [-0.4, -0.2) is 61.1 Å². The minimum absolute atomic E-state index is 0.0528. The van der Waals surface area contributed by atoms with E-state index in [1.54, 1.807) is 4.90 Å². The van der Waals surface area contributed by atoms with Gasteiger partial charge in [0.1, 0.15) is 6.04 Å². The highest BCUT2D eigenvalue weighted by molar-refractivity contribution is 5.92. The van der Waals surface area contributed by atoms with Crippen molar-refractivity contribution in [2.75, 3.05) is 32.8 Å². The number of ether oxygens (including phenoxy) is 1. The Morgan fingerprint density at radius 2 is 2.25 bits per heavy atom. The van der Waals surface area contributed by atoms with E-state index in [1.165, 1.54) is 0 Å². The predicted octanol–water partition coefficient (Wildman–Crippen LogP) is -0.118. The lowest BCUT2D eigenvalue weighted by Crippen LogP contribution is -2.63. The molecular formula is C14H25N3O3. The third kappa shape index (κ3) is 2.81. The maximum atomic E-state index is 12.9. The van der Waals surface area contributed by atoms with Crippen LogP contribution in [0.1, 0.15) is 33.1 Å². The highest BCUT2D eigenvalue weighted by atomic mass is 16.5. The van der Waals surface area contributed by atoms with Gasteiger partial charge in [-0.3, -0.25) is 9.59 Å². The summed E-state index contributed by atoms with van der Waals surface area (Å²) in [5.74, 6) is -0.0677. The molecule has 0 spiro atoms. The van der Waals surface area contributed by atoms with E-state index in [1.807, 2.05) is 13.8 Å². The molecule has 0 bridgehead atoms. The van der Waals surface area contributed by atoms with Gasteiger partial charge < -0.3 is 20.3 Å². The smallest absolute Gasteiger partial charge is 0.245 e. The second-order valence-electron chi connectivity index (χ2n) is 5.45. The first-order valence-corrected chi connectivity index (χ1v) is 7.56. The molecule has 20 heavy (non-hydrogen) atoms. The van der Waals surface area contributed by atoms with Gasteiger partial charge in [0.05, 0.1) is 18.8 Å². The third-order valence-corrected chi connectivity index (χ3v) is 4.30. The number of nitrogens with one attached hydrogen (secondary N) is 2. The van der Waals surface area contributed by atoms with E-state index >= 15 is 0 Å². The fraction of sp³-hybridized carbons (Fsp3) is 0.857. The van der Waals surface area contributed by atoms with Crippen molar-refractivity contribution in [3.05, 3.63) is 0 Å². The largest absolute Gasteiger partial charge is 0.377 e. The minimum Gasteiger partial charge on any atom is -0.377 e. The van der Waals surface area contributed by atoms with Gasteiger partial charge in [0, 0.05) is 13.1 Å². The molecule has 0 aromatic rings. The van der Waals surface area contributed by atoms with Crippen LogP contribution in [0, 0.1) is 0 Å². The molecular weight excluding hydrogens is 258 g/mol. The predicted molar refractivity (Wildman–Crippen MR) is 75.3 cm³/mol. The summed E-state index contributed by atoms with van der Waals surface area (Å²) in [4.78, 5) is 26.7. The fourth-order valence-electron chi connectivity index (χ4n) is 3.07. The van der Waals surface area contributed by atoms with Gasteiger partial charge in [0.25, 0.3) is 0 Å². The molecule has 2 aliphatic rings. The summed E-state index contributed by atoms with van der Waals surface area (Å²) in [6, 6.07) is -0.498. The molecule has 0 aromatic heterocycles. The van der Waals surface area contributed by atoms with Crippen LogP contribution in [-0.2, 0) is 14.3 Å². The number of hydrogen-bond donors (Lipinski definition) is 2. The van der Waals surface area contributed by atoms with E-state index in [0.717, 1.165) is 25.8 Å². The highest BCUT2D eigenvalue weighted by Gasteiger charge is 2.45. The van der Waals surface area contributed by atoms with Gasteiger partial charge in [-0.05, 0) is 32.7 Å². The van der Waals surface area contributed by atoms with Crippen LogP contribution in [0.25, 0.3) is 0 Å². The van der Waals surface area contributed by atoms with Crippen LogP contribution < -0.4 is 10.6 Å². The van der Waals surface area contributed by atoms with Crippen molar-refractivity contribution in [1.82, 2.24) is 15.5 Å². The van der Waals surface area contributed by atoms with Crippen molar-refractivity contribution >= 4 is 11.8 Å². The zero-order valence-electron chi connectivity index (χ0n) is 12.4. The normalized spacial score (nSPS) is 30.3. The molecule has 2 fully saturated rings. The van der Waals surface area contributed by atoms with E-state index < -0.39 is 11.6 Å². The zero-order valence-corrected chi connectivity index (χ0v) is 12.4. The van der Waals surface area contributed by atoms with Crippen molar-refractivity contribution < 1.29 is 14.3 Å². The average Bonchev–Trinajstić information content (AvgIpc) is 2.97. The minimum atomic E-state index is -0.498. The van der Waals surface area contributed by atoms with Gasteiger partial charge in [-0.15, -0.1) is 0 Å². The second-order valence-corrected chi connectivity index (χ2v) is 5.45. The van der Waals surface area contributed by atoms with Crippen molar-refractivity contribution in [2.45, 2.75) is 44.7 Å². The fourth-order valence-corrected chi connectivity index (χ4v) is 3.07. The zero-order chi connectivity index (χ0) is 14.6. The molecule has 0 aromatic carbocycles. The van der Waals surface area contributed by atoms with E-state index in [0.29, 0.717) is 19.7 Å². The van der Waals surface area contributed by atoms with Crippen molar-refractivity contribution in [3.8, 4) is 0 Å². The van der Waals surface area contributed by atoms with Gasteiger partial charge in [-0.2, -0.15) is 0 Å². The van der Waals surface area contributed by atoms with E-state index in [4.69, 9.17) is 4.74 Å². The summed E-state index contributed by atoms with van der Waals surface area (Å²) < 4.78 is 5.38. The highest BCUT2D eigenvalue weighted by Crippen LogP contribution is 2.27. The summed E-state index contributed by atoms with van der Waals surface area (Å²) in [6.45, 7) is 6.62.